The molecule has 0 aliphatic heterocycles. The van der Waals surface area contributed by atoms with E-state index < -0.39 is 10.0 Å². The van der Waals surface area contributed by atoms with Crippen LogP contribution in [-0.2, 0) is 10.0 Å². The molecule has 0 aliphatic carbocycles. The third-order valence-electron chi connectivity index (χ3n) is 1.79. The summed E-state index contributed by atoms with van der Waals surface area (Å²) in [5.41, 5.74) is 5.86. The van der Waals surface area contributed by atoms with Gasteiger partial charge in [-0.25, -0.2) is 4.98 Å². The average molecular weight is 255 g/mol. The first-order valence-corrected chi connectivity index (χ1v) is 6.72. The van der Waals surface area contributed by atoms with Gasteiger partial charge in [-0.2, -0.15) is 8.42 Å². The van der Waals surface area contributed by atoms with Gasteiger partial charge in [0.2, 0.25) is 0 Å². The Balaban J connectivity index is 2.29. The average Bonchev–Trinajstić information content (AvgIpc) is 2.70. The number of pyridine rings is 1. The third kappa shape index (κ3) is 2.31. The largest absolute Gasteiger partial charge is 0.397 e. The molecule has 0 aliphatic rings. The number of rotatable bonds is 3. The Labute approximate surface area is 97.0 Å². The molecule has 2 aromatic heterocycles. The molecule has 0 saturated heterocycles. The van der Waals surface area contributed by atoms with E-state index in [9.17, 15) is 8.42 Å². The summed E-state index contributed by atoms with van der Waals surface area (Å²) in [5, 5.41) is 2.29. The molecular weight excluding hydrogens is 246 g/mol. The fourth-order valence-electron chi connectivity index (χ4n) is 1.07. The maximum Gasteiger partial charge on any atom is 0.279 e. The maximum absolute atomic E-state index is 11.8. The van der Waals surface area contributed by atoms with Crippen LogP contribution < -0.4 is 10.5 Å². The van der Waals surface area contributed by atoms with Crippen LogP contribution in [0.5, 0.6) is 0 Å². The number of anilines is 2. The summed E-state index contributed by atoms with van der Waals surface area (Å²) in [5.74, 6) is 0. The SMILES string of the molecule is Nc1ccc(S(=O)(=O)Nc2cccs2)nc1. The zero-order valence-corrected chi connectivity index (χ0v) is 9.75. The van der Waals surface area contributed by atoms with E-state index in [2.05, 4.69) is 9.71 Å². The third-order valence-corrected chi connectivity index (χ3v) is 3.99. The Morgan fingerprint density at radius 1 is 1.31 bits per heavy atom. The molecule has 0 unspecified atom stereocenters. The molecule has 84 valence electrons. The van der Waals surface area contributed by atoms with E-state index in [1.54, 1.807) is 17.5 Å². The summed E-state index contributed by atoms with van der Waals surface area (Å²) in [6, 6.07) is 6.31. The number of sulfonamides is 1. The molecule has 0 bridgehead atoms. The Kier molecular flexibility index (Phi) is 2.80. The summed E-state index contributed by atoms with van der Waals surface area (Å²) in [6.07, 6.45) is 1.31. The van der Waals surface area contributed by atoms with E-state index in [1.165, 1.54) is 29.7 Å². The number of nitrogens with zero attached hydrogens (tertiary/aromatic N) is 1. The lowest BCUT2D eigenvalue weighted by Crippen LogP contribution is -2.13. The van der Waals surface area contributed by atoms with Crippen molar-refractivity contribution in [1.29, 1.82) is 0 Å². The number of hydrogen-bond acceptors (Lipinski definition) is 5. The Morgan fingerprint density at radius 3 is 2.69 bits per heavy atom. The van der Waals surface area contributed by atoms with Crippen molar-refractivity contribution < 1.29 is 8.42 Å². The van der Waals surface area contributed by atoms with E-state index in [0.717, 1.165) is 0 Å². The molecule has 2 heterocycles. The number of nitrogens with two attached hydrogens (primary N) is 1. The van der Waals surface area contributed by atoms with Gasteiger partial charge in [0.1, 0.15) is 5.00 Å². The monoisotopic (exact) mass is 255 g/mol. The molecule has 16 heavy (non-hydrogen) atoms. The van der Waals surface area contributed by atoms with Crippen molar-refractivity contribution >= 4 is 32.0 Å². The fourth-order valence-corrected chi connectivity index (χ4v) is 2.93. The first-order valence-electron chi connectivity index (χ1n) is 4.36. The first-order chi connectivity index (χ1) is 7.58. The first kappa shape index (κ1) is 10.9. The van der Waals surface area contributed by atoms with Gasteiger partial charge in [-0.05, 0) is 29.6 Å². The zero-order chi connectivity index (χ0) is 11.6. The molecule has 2 aromatic rings. The number of nitrogens with one attached hydrogen (secondary N) is 1. The predicted molar refractivity (Wildman–Crippen MR) is 63.8 cm³/mol. The van der Waals surface area contributed by atoms with Gasteiger partial charge in [-0.1, -0.05) is 0 Å². The number of aromatic nitrogens is 1. The van der Waals surface area contributed by atoms with Crippen LogP contribution in [0.2, 0.25) is 0 Å². The summed E-state index contributed by atoms with van der Waals surface area (Å²) in [7, 11) is -3.61. The Bertz CT molecular complexity index is 561. The van der Waals surface area contributed by atoms with Gasteiger partial charge in [-0.15, -0.1) is 11.3 Å². The molecule has 0 fully saturated rings. The van der Waals surface area contributed by atoms with Crippen molar-refractivity contribution in [3.63, 3.8) is 0 Å². The molecular formula is C9H9N3O2S2. The number of hydrogen-bond donors (Lipinski definition) is 2. The van der Waals surface area contributed by atoms with Crippen LogP contribution in [0, 0.1) is 0 Å². The molecule has 7 heteroatoms. The van der Waals surface area contributed by atoms with Gasteiger partial charge in [0.15, 0.2) is 5.03 Å². The van der Waals surface area contributed by atoms with Gasteiger partial charge >= 0.3 is 0 Å². The zero-order valence-electron chi connectivity index (χ0n) is 8.12. The number of nitrogen functional groups attached to an aromatic ring is 1. The van der Waals surface area contributed by atoms with Crippen LogP contribution in [0.15, 0.2) is 40.9 Å². The van der Waals surface area contributed by atoms with Gasteiger partial charge < -0.3 is 5.73 Å². The second-order valence-corrected chi connectivity index (χ2v) is 5.59. The lowest BCUT2D eigenvalue weighted by Gasteiger charge is -2.04. The highest BCUT2D eigenvalue weighted by molar-refractivity contribution is 7.92. The van der Waals surface area contributed by atoms with Crippen LogP contribution in [0.1, 0.15) is 0 Å². The molecule has 0 aromatic carbocycles. The Morgan fingerprint density at radius 2 is 2.12 bits per heavy atom. The van der Waals surface area contributed by atoms with Gasteiger partial charge in [0.25, 0.3) is 10.0 Å². The highest BCUT2D eigenvalue weighted by atomic mass is 32.2. The lowest BCUT2D eigenvalue weighted by atomic mass is 10.4. The van der Waals surface area contributed by atoms with Gasteiger partial charge in [-0.3, -0.25) is 4.72 Å². The smallest absolute Gasteiger partial charge is 0.279 e. The summed E-state index contributed by atoms with van der Waals surface area (Å²) in [4.78, 5) is 3.76. The predicted octanol–water partition coefficient (Wildman–Crippen LogP) is 1.53. The van der Waals surface area contributed by atoms with Crippen LogP contribution in [0.4, 0.5) is 10.7 Å². The maximum atomic E-state index is 11.8. The molecule has 0 atom stereocenters. The second kappa shape index (κ2) is 4.11. The molecule has 0 spiro atoms. The second-order valence-electron chi connectivity index (χ2n) is 3.01. The van der Waals surface area contributed by atoms with E-state index in [1.807, 2.05) is 0 Å². The molecule has 0 radical (unpaired) electrons. The molecule has 3 N–H and O–H groups in total. The standard InChI is InChI=1S/C9H9N3O2S2/c10-7-3-4-9(11-6-7)16(13,14)12-8-2-1-5-15-8/h1-6,12H,10H2. The molecule has 0 saturated carbocycles. The molecule has 5 nitrogen and oxygen atoms in total. The lowest BCUT2D eigenvalue weighted by molar-refractivity contribution is 0.598. The minimum absolute atomic E-state index is 0.0462. The van der Waals surface area contributed by atoms with Crippen LogP contribution >= 0.6 is 11.3 Å². The van der Waals surface area contributed by atoms with Crippen molar-refractivity contribution in [2.24, 2.45) is 0 Å². The van der Waals surface area contributed by atoms with Crippen LogP contribution in [-0.4, -0.2) is 13.4 Å². The van der Waals surface area contributed by atoms with Crippen molar-refractivity contribution in [3.05, 3.63) is 35.8 Å². The van der Waals surface area contributed by atoms with Crippen molar-refractivity contribution in [1.82, 2.24) is 4.98 Å². The van der Waals surface area contributed by atoms with Crippen molar-refractivity contribution in [3.8, 4) is 0 Å². The molecule has 2 rings (SSSR count). The fraction of sp³-hybridized carbons (Fsp3) is 0. The summed E-state index contributed by atoms with van der Waals surface area (Å²) in [6.45, 7) is 0. The summed E-state index contributed by atoms with van der Waals surface area (Å²) < 4.78 is 26.0. The van der Waals surface area contributed by atoms with E-state index >= 15 is 0 Å². The highest BCUT2D eigenvalue weighted by Crippen LogP contribution is 2.19. The van der Waals surface area contributed by atoms with Gasteiger partial charge in [0.05, 0.1) is 11.9 Å². The van der Waals surface area contributed by atoms with E-state index in [4.69, 9.17) is 5.73 Å². The number of thiophene rings is 1. The normalized spacial score (nSPS) is 11.2. The molecule has 0 amide bonds. The van der Waals surface area contributed by atoms with Crippen molar-refractivity contribution in [2.75, 3.05) is 10.5 Å². The quantitative estimate of drug-likeness (QED) is 0.871. The van der Waals surface area contributed by atoms with Crippen molar-refractivity contribution in [2.45, 2.75) is 5.03 Å². The highest BCUT2D eigenvalue weighted by Gasteiger charge is 2.15. The van der Waals surface area contributed by atoms with Crippen LogP contribution in [0.25, 0.3) is 0 Å². The van der Waals surface area contributed by atoms with E-state index in [0.29, 0.717) is 10.7 Å². The van der Waals surface area contributed by atoms with Crippen LogP contribution in [0.3, 0.4) is 0 Å². The summed E-state index contributed by atoms with van der Waals surface area (Å²) >= 11 is 1.30. The van der Waals surface area contributed by atoms with Gasteiger partial charge in [0, 0.05) is 0 Å². The minimum atomic E-state index is -3.61. The minimum Gasteiger partial charge on any atom is -0.397 e. The topological polar surface area (TPSA) is 85.1 Å². The van der Waals surface area contributed by atoms with E-state index in [-0.39, 0.29) is 5.03 Å². The Hall–Kier alpha value is -1.60.